The van der Waals surface area contributed by atoms with E-state index in [-0.39, 0.29) is 12.5 Å². The number of carbonyl (C=O) groups excluding carboxylic acids is 1. The maximum Gasteiger partial charge on any atom is 0.241 e. The van der Waals surface area contributed by atoms with Gasteiger partial charge in [-0.15, -0.1) is 0 Å². The van der Waals surface area contributed by atoms with Gasteiger partial charge in [-0.3, -0.25) is 14.0 Å². The van der Waals surface area contributed by atoms with Gasteiger partial charge in [-0.05, 0) is 49.2 Å². The predicted molar refractivity (Wildman–Crippen MR) is 123 cm³/mol. The maximum atomic E-state index is 12.7. The van der Waals surface area contributed by atoms with E-state index < -0.39 is 10.0 Å². The molecule has 2 aromatic rings. The Balaban J connectivity index is 1.67. The van der Waals surface area contributed by atoms with Gasteiger partial charge in [0.05, 0.1) is 19.1 Å². The molecule has 0 aromatic heterocycles. The van der Waals surface area contributed by atoms with Crippen LogP contribution in [0.1, 0.15) is 30.4 Å². The van der Waals surface area contributed by atoms with Crippen molar-refractivity contribution in [2.75, 3.05) is 37.3 Å². The molecule has 1 heterocycles. The minimum Gasteiger partial charge on any atom is -0.495 e. The van der Waals surface area contributed by atoms with E-state index in [1.54, 1.807) is 24.3 Å². The van der Waals surface area contributed by atoms with E-state index in [1.165, 1.54) is 31.9 Å². The lowest BCUT2D eigenvalue weighted by Gasteiger charge is -2.27. The van der Waals surface area contributed by atoms with Crippen LogP contribution in [0.25, 0.3) is 0 Å². The summed E-state index contributed by atoms with van der Waals surface area (Å²) in [7, 11) is -2.20. The number of piperidine rings is 1. The first-order chi connectivity index (χ1) is 14.9. The predicted octanol–water partition coefficient (Wildman–Crippen LogP) is 2.76. The average Bonchev–Trinajstić information content (AvgIpc) is 2.77. The number of amides is 1. The first-order valence-electron chi connectivity index (χ1n) is 10.5. The van der Waals surface area contributed by atoms with Crippen LogP contribution < -0.4 is 14.4 Å². The number of benzene rings is 2. The molecule has 1 aliphatic rings. The van der Waals surface area contributed by atoms with Crippen LogP contribution in [0.15, 0.2) is 48.5 Å². The average molecular weight is 446 g/mol. The first kappa shape index (κ1) is 23.1. The topological polar surface area (TPSA) is 79.0 Å². The number of carbonyl (C=O) groups is 1. The third kappa shape index (κ3) is 6.45. The molecule has 0 aliphatic carbocycles. The van der Waals surface area contributed by atoms with E-state index in [9.17, 15) is 13.2 Å². The number of methoxy groups -OCH3 is 1. The van der Waals surface area contributed by atoms with Gasteiger partial charge in [0.25, 0.3) is 0 Å². The first-order valence-corrected chi connectivity index (χ1v) is 12.4. The Hall–Kier alpha value is -2.58. The van der Waals surface area contributed by atoms with Crippen LogP contribution in [-0.2, 0) is 27.9 Å². The van der Waals surface area contributed by atoms with Crippen molar-refractivity contribution in [3.63, 3.8) is 0 Å². The number of likely N-dealkylation sites (tertiary alicyclic amines) is 1. The molecule has 1 N–H and O–H groups in total. The van der Waals surface area contributed by atoms with Gasteiger partial charge in [0.1, 0.15) is 12.3 Å². The van der Waals surface area contributed by atoms with Crippen LogP contribution in [0.3, 0.4) is 0 Å². The van der Waals surface area contributed by atoms with Gasteiger partial charge in [-0.2, -0.15) is 0 Å². The van der Waals surface area contributed by atoms with Crippen LogP contribution in [0.2, 0.25) is 0 Å². The summed E-state index contributed by atoms with van der Waals surface area (Å²) < 4.78 is 31.1. The molecule has 0 unspecified atom stereocenters. The molecule has 0 bridgehead atoms. The number of ether oxygens (including phenoxy) is 1. The van der Waals surface area contributed by atoms with E-state index >= 15 is 0 Å². The van der Waals surface area contributed by atoms with E-state index in [0.717, 1.165) is 35.8 Å². The van der Waals surface area contributed by atoms with Gasteiger partial charge in [-0.1, -0.05) is 42.8 Å². The van der Waals surface area contributed by atoms with E-state index in [0.29, 0.717) is 18.0 Å². The third-order valence-corrected chi connectivity index (χ3v) is 6.60. The monoisotopic (exact) mass is 445 g/mol. The lowest BCUT2D eigenvalue weighted by atomic mass is 10.0. The SMILES string of the molecule is COc1ccccc1N(CC(=O)NCc1ccccc1CN1CCCCC1)S(C)(=O)=O. The summed E-state index contributed by atoms with van der Waals surface area (Å²) in [5.41, 5.74) is 2.58. The molecule has 0 radical (unpaired) electrons. The minimum absolute atomic E-state index is 0.312. The van der Waals surface area contributed by atoms with Crippen LogP contribution in [0.5, 0.6) is 5.75 Å². The number of anilines is 1. The highest BCUT2D eigenvalue weighted by Crippen LogP contribution is 2.29. The molecular weight excluding hydrogens is 414 g/mol. The van der Waals surface area contributed by atoms with E-state index in [1.807, 2.05) is 18.2 Å². The van der Waals surface area contributed by atoms with Crippen molar-refractivity contribution in [3.05, 3.63) is 59.7 Å². The van der Waals surface area contributed by atoms with Crippen molar-refractivity contribution in [3.8, 4) is 5.75 Å². The number of nitrogens with one attached hydrogen (secondary N) is 1. The smallest absolute Gasteiger partial charge is 0.241 e. The molecule has 2 aromatic carbocycles. The molecule has 1 amide bonds. The summed E-state index contributed by atoms with van der Waals surface area (Å²) in [4.78, 5) is 15.1. The Morgan fingerprint density at radius 1 is 1.03 bits per heavy atom. The quantitative estimate of drug-likeness (QED) is 0.642. The summed E-state index contributed by atoms with van der Waals surface area (Å²) >= 11 is 0. The number of hydrogen-bond acceptors (Lipinski definition) is 5. The van der Waals surface area contributed by atoms with Crippen molar-refractivity contribution >= 4 is 21.6 Å². The van der Waals surface area contributed by atoms with Crippen molar-refractivity contribution in [1.82, 2.24) is 10.2 Å². The van der Waals surface area contributed by atoms with Crippen molar-refractivity contribution in [2.45, 2.75) is 32.4 Å². The molecule has 168 valence electrons. The Morgan fingerprint density at radius 3 is 2.35 bits per heavy atom. The molecule has 0 atom stereocenters. The Morgan fingerprint density at radius 2 is 1.68 bits per heavy atom. The summed E-state index contributed by atoms with van der Waals surface area (Å²) in [6.07, 6.45) is 4.82. The number of sulfonamides is 1. The van der Waals surface area contributed by atoms with Gasteiger partial charge in [0.2, 0.25) is 15.9 Å². The molecule has 1 aliphatic heterocycles. The summed E-state index contributed by atoms with van der Waals surface area (Å²) in [6.45, 7) is 3.11. The molecule has 8 heteroatoms. The zero-order chi connectivity index (χ0) is 22.3. The van der Waals surface area contributed by atoms with Crippen molar-refractivity contribution < 1.29 is 17.9 Å². The molecule has 0 saturated carbocycles. The molecule has 1 saturated heterocycles. The Labute approximate surface area is 185 Å². The second-order valence-corrected chi connectivity index (χ2v) is 9.73. The second-order valence-electron chi connectivity index (χ2n) is 7.82. The van der Waals surface area contributed by atoms with Crippen LogP contribution in [0, 0.1) is 0 Å². The van der Waals surface area contributed by atoms with Crippen LogP contribution >= 0.6 is 0 Å². The fourth-order valence-electron chi connectivity index (χ4n) is 3.84. The van der Waals surface area contributed by atoms with E-state index in [4.69, 9.17) is 4.74 Å². The summed E-state index contributed by atoms with van der Waals surface area (Å²) in [5.74, 6) is 0.0247. The van der Waals surface area contributed by atoms with Gasteiger partial charge in [0.15, 0.2) is 0 Å². The molecule has 0 spiro atoms. The van der Waals surface area contributed by atoms with Gasteiger partial charge in [0, 0.05) is 13.1 Å². The lowest BCUT2D eigenvalue weighted by molar-refractivity contribution is -0.119. The van der Waals surface area contributed by atoms with Crippen molar-refractivity contribution in [2.24, 2.45) is 0 Å². The number of nitrogens with zero attached hydrogens (tertiary/aromatic N) is 2. The van der Waals surface area contributed by atoms with Crippen molar-refractivity contribution in [1.29, 1.82) is 0 Å². The normalized spacial score (nSPS) is 14.8. The Bertz CT molecular complexity index is 988. The third-order valence-electron chi connectivity index (χ3n) is 5.48. The van der Waals surface area contributed by atoms with Gasteiger partial charge < -0.3 is 10.1 Å². The fourth-order valence-corrected chi connectivity index (χ4v) is 4.70. The highest BCUT2D eigenvalue weighted by Gasteiger charge is 2.23. The van der Waals surface area contributed by atoms with Crippen LogP contribution in [0.4, 0.5) is 5.69 Å². The number of hydrogen-bond donors (Lipinski definition) is 1. The number of para-hydroxylation sites is 2. The lowest BCUT2D eigenvalue weighted by Crippen LogP contribution is -2.40. The largest absolute Gasteiger partial charge is 0.495 e. The highest BCUT2D eigenvalue weighted by molar-refractivity contribution is 7.92. The van der Waals surface area contributed by atoms with Gasteiger partial charge in [-0.25, -0.2) is 8.42 Å². The molecular formula is C23H31N3O4S. The fraction of sp³-hybridized carbons (Fsp3) is 0.435. The minimum atomic E-state index is -3.67. The maximum absolute atomic E-state index is 12.7. The highest BCUT2D eigenvalue weighted by atomic mass is 32.2. The molecule has 1 fully saturated rings. The summed E-state index contributed by atoms with van der Waals surface area (Å²) in [6, 6.07) is 14.8. The molecule has 31 heavy (non-hydrogen) atoms. The van der Waals surface area contributed by atoms with Gasteiger partial charge >= 0.3 is 0 Å². The zero-order valence-corrected chi connectivity index (χ0v) is 19.0. The molecule has 3 rings (SSSR count). The summed E-state index contributed by atoms with van der Waals surface area (Å²) in [5, 5.41) is 2.88. The zero-order valence-electron chi connectivity index (χ0n) is 18.2. The molecule has 7 nitrogen and oxygen atoms in total. The standard InChI is InChI=1S/C23H31N3O4S/c1-30-22-13-7-6-12-21(22)26(31(2,28)29)18-23(27)24-16-19-10-4-5-11-20(19)17-25-14-8-3-9-15-25/h4-7,10-13H,3,8-9,14-18H2,1-2H3,(H,24,27). The van der Waals surface area contributed by atoms with E-state index in [2.05, 4.69) is 16.3 Å². The van der Waals surface area contributed by atoms with Crippen LogP contribution in [-0.4, -0.2) is 52.2 Å². The second kappa shape index (κ2) is 10.6. The Kier molecular flexibility index (Phi) is 7.92. The number of rotatable bonds is 9.